The van der Waals surface area contributed by atoms with E-state index >= 15 is 0 Å². The molecule has 3 N–H and O–H groups in total. The van der Waals surface area contributed by atoms with Crippen molar-refractivity contribution in [2.45, 2.75) is 127 Å². The zero-order valence-electron chi connectivity index (χ0n) is 37.0. The second-order valence-corrected chi connectivity index (χ2v) is 18.4. The molecule has 5 aliphatic rings. The summed E-state index contributed by atoms with van der Waals surface area (Å²) < 4.78 is 17.9. The zero-order chi connectivity index (χ0) is 43.9. The van der Waals surface area contributed by atoms with Crippen LogP contribution in [0.3, 0.4) is 0 Å². The third kappa shape index (κ3) is 7.62. The summed E-state index contributed by atoms with van der Waals surface area (Å²) in [4.78, 5) is 65.4. The minimum atomic E-state index is -2.52. The van der Waals surface area contributed by atoms with Crippen molar-refractivity contribution >= 4 is 35.0 Å². The van der Waals surface area contributed by atoms with Crippen molar-refractivity contribution in [1.29, 1.82) is 0 Å². The predicted octanol–water partition coefficient (Wildman–Crippen LogP) is 5.21. The van der Waals surface area contributed by atoms with E-state index in [0.29, 0.717) is 63.0 Å². The van der Waals surface area contributed by atoms with Gasteiger partial charge in [-0.25, -0.2) is 4.79 Å². The molecule has 0 saturated carbocycles. The fraction of sp³-hybridized carbons (Fsp3) is 0.625. The molecule has 10 atom stereocenters. The van der Waals surface area contributed by atoms with Gasteiger partial charge in [-0.15, -0.1) is 0 Å². The summed E-state index contributed by atoms with van der Waals surface area (Å²) in [7, 11) is 2.77. The lowest BCUT2D eigenvalue weighted by molar-refractivity contribution is -0.212. The van der Waals surface area contributed by atoms with Gasteiger partial charge in [0.1, 0.15) is 5.78 Å². The summed E-state index contributed by atoms with van der Waals surface area (Å²) in [5.41, 5.74) is -2.92. The van der Waals surface area contributed by atoms with Gasteiger partial charge in [0.05, 0.1) is 30.3 Å². The molecule has 1 aliphatic carbocycles. The number of para-hydroxylation sites is 1. The first kappa shape index (κ1) is 44.9. The first-order chi connectivity index (χ1) is 29.2. The molecule has 5 heterocycles. The highest BCUT2D eigenvalue weighted by atomic mass is 16.6. The molecule has 4 aliphatic heterocycles. The van der Waals surface area contributed by atoms with Crippen LogP contribution in [-0.4, -0.2) is 136 Å². The smallest absolute Gasteiger partial charge is 0.344 e. The number of aromatic nitrogens is 1. The summed E-state index contributed by atoms with van der Waals surface area (Å²) >= 11 is 0. The number of nitrogens with zero attached hydrogens (tertiary/aromatic N) is 3. The number of nitrogens with one attached hydrogen (secondary N) is 1. The molecule has 1 aromatic heterocycles. The van der Waals surface area contributed by atoms with Crippen LogP contribution in [0.4, 0.5) is 0 Å². The number of ketones is 1. The lowest BCUT2D eigenvalue weighted by Crippen LogP contribution is -2.70. The van der Waals surface area contributed by atoms with Gasteiger partial charge in [-0.1, -0.05) is 57.2 Å². The number of β-amino-alcohol motifs (C(OH)–C–C–N with tert-alkyl or cyclic N) is 1. The van der Waals surface area contributed by atoms with Crippen LogP contribution in [0.5, 0.6) is 0 Å². The van der Waals surface area contributed by atoms with Crippen LogP contribution in [0.25, 0.3) is 10.9 Å². The Balaban J connectivity index is 1.38. The number of allylic oxidation sites excluding steroid dienone is 1. The van der Waals surface area contributed by atoms with Crippen molar-refractivity contribution in [3.05, 3.63) is 71.6 Å². The minimum Gasteiger partial charge on any atom is -0.467 e. The lowest BCUT2D eigenvalue weighted by Gasteiger charge is -2.52. The molecule has 3 saturated heterocycles. The van der Waals surface area contributed by atoms with Gasteiger partial charge in [0.2, 0.25) is 12.0 Å². The SMILES string of the molecule is CCCN1CC(C[C@@](C(C)=O)(c2cc3ccccc3[nH]2)[C@@H]2C=C3C[C@H]([C@@](O)(C(=O)OC)[C@H](OC(C)=O)C4(CC)C=CCN5CCCC54)N(C=O)C3=CC2OC)C[C@@](O)(CC)C1. The minimum absolute atomic E-state index is 0.00272. The number of H-pyrrole nitrogens is 1. The van der Waals surface area contributed by atoms with E-state index in [1.807, 2.05) is 68.5 Å². The van der Waals surface area contributed by atoms with Gasteiger partial charge in [0, 0.05) is 68.0 Å². The highest BCUT2D eigenvalue weighted by molar-refractivity contribution is 5.92. The van der Waals surface area contributed by atoms with E-state index in [-0.39, 0.29) is 24.2 Å². The second-order valence-electron chi connectivity index (χ2n) is 18.4. The van der Waals surface area contributed by atoms with E-state index in [9.17, 15) is 29.4 Å². The number of ether oxygens (including phenoxy) is 3. The standard InChI is InChI=1S/C48H66N4O9/c1-8-19-50-28-33(26-45(57,9-2)29-50)27-47(31(4)54,40-23-34-15-11-12-16-37(34)49-40)36-22-35-24-42(52(30-53)38(35)25-39(36)59-6)48(58,44(56)60-7)43(61-32(5)55)46(10-3)18-14-21-51-20-13-17-41(46)51/h11-12,14-16,18,22-23,25,30,33,36,39,41-43,49,57-58H,8-10,13,17,19-21,24,26-29H2,1-7H3/t33?,36-,39?,41?,42-,43-,45+,46?,47+,48+/m1/s1. The number of esters is 2. The number of amides is 1. The van der Waals surface area contributed by atoms with E-state index in [1.54, 1.807) is 14.0 Å². The number of hydrogen-bond acceptors (Lipinski definition) is 11. The first-order valence-corrected chi connectivity index (χ1v) is 22.3. The molecule has 1 amide bonds. The predicted molar refractivity (Wildman–Crippen MR) is 231 cm³/mol. The van der Waals surface area contributed by atoms with Crippen molar-refractivity contribution in [3.8, 4) is 0 Å². The highest BCUT2D eigenvalue weighted by Gasteiger charge is 2.66. The number of rotatable bonds is 16. The number of piperidine rings is 1. The van der Waals surface area contributed by atoms with E-state index in [4.69, 9.17) is 14.2 Å². The molecule has 0 spiro atoms. The number of fused-ring (bicyclic) bond motifs is 3. The molecular weight excluding hydrogens is 777 g/mol. The maximum Gasteiger partial charge on any atom is 0.344 e. The molecule has 0 radical (unpaired) electrons. The number of methoxy groups -OCH3 is 2. The summed E-state index contributed by atoms with van der Waals surface area (Å²) in [6.07, 6.45) is 10.8. The number of aliphatic hydroxyl groups is 2. The van der Waals surface area contributed by atoms with Gasteiger partial charge in [0.25, 0.3) is 0 Å². The molecule has 1 aromatic carbocycles. The number of benzene rings is 1. The third-order valence-electron chi connectivity index (χ3n) is 15.1. The van der Waals surface area contributed by atoms with Gasteiger partial charge in [0.15, 0.2) is 6.10 Å². The van der Waals surface area contributed by atoms with Crippen molar-refractivity contribution in [3.63, 3.8) is 0 Å². The third-order valence-corrected chi connectivity index (χ3v) is 15.1. The van der Waals surface area contributed by atoms with E-state index < -0.39 is 58.1 Å². The number of likely N-dealkylation sites (tertiary alicyclic amines) is 2. The molecule has 2 aromatic rings. The molecule has 4 unspecified atom stereocenters. The van der Waals surface area contributed by atoms with Crippen LogP contribution in [0.15, 0.2) is 65.9 Å². The molecule has 7 rings (SSSR count). The topological polar surface area (TPSA) is 162 Å². The molecule has 13 nitrogen and oxygen atoms in total. The molecule has 332 valence electrons. The van der Waals surface area contributed by atoms with Gasteiger partial charge in [-0.05, 0) is 106 Å². The average molecular weight is 843 g/mol. The normalized spacial score (nSPS) is 31.6. The average Bonchev–Trinajstić information content (AvgIpc) is 4.01. The second kappa shape index (κ2) is 17.6. The monoisotopic (exact) mass is 842 g/mol. The Morgan fingerprint density at radius 1 is 1.10 bits per heavy atom. The van der Waals surface area contributed by atoms with E-state index in [0.717, 1.165) is 48.9 Å². The molecule has 3 fully saturated rings. The summed E-state index contributed by atoms with van der Waals surface area (Å²) in [6, 6.07) is 8.57. The van der Waals surface area contributed by atoms with Crippen LogP contribution < -0.4 is 0 Å². The maximum atomic E-state index is 14.9. The van der Waals surface area contributed by atoms with Crippen molar-refractivity contribution in [2.75, 3.05) is 46.9 Å². The number of Topliss-reactive ketones (excluding diaryl/α,β-unsaturated/α-hetero) is 1. The Bertz CT molecular complexity index is 2050. The summed E-state index contributed by atoms with van der Waals surface area (Å²) in [6.45, 7) is 12.6. The molecule has 13 heteroatoms. The summed E-state index contributed by atoms with van der Waals surface area (Å²) in [5, 5.41) is 26.1. The van der Waals surface area contributed by atoms with Gasteiger partial charge in [-0.2, -0.15) is 0 Å². The van der Waals surface area contributed by atoms with Crippen molar-refractivity contribution in [1.82, 2.24) is 19.7 Å². The fourth-order valence-electron chi connectivity index (χ4n) is 12.3. The highest BCUT2D eigenvalue weighted by Crippen LogP contribution is 2.54. The number of carbonyl (C=O) groups is 4. The molecule has 0 bridgehead atoms. The first-order valence-electron chi connectivity index (χ1n) is 22.3. The Kier molecular flexibility index (Phi) is 12.9. The Labute approximate surface area is 360 Å². The summed E-state index contributed by atoms with van der Waals surface area (Å²) in [5.74, 6) is -2.45. The quantitative estimate of drug-likeness (QED) is 0.116. The van der Waals surface area contributed by atoms with Gasteiger partial charge < -0.3 is 39.2 Å². The van der Waals surface area contributed by atoms with Crippen molar-refractivity contribution < 1.29 is 43.6 Å². The van der Waals surface area contributed by atoms with Gasteiger partial charge >= 0.3 is 11.9 Å². The van der Waals surface area contributed by atoms with Crippen LogP contribution in [-0.2, 0) is 38.8 Å². The maximum absolute atomic E-state index is 14.9. The van der Waals surface area contributed by atoms with Crippen LogP contribution in [0.2, 0.25) is 0 Å². The van der Waals surface area contributed by atoms with E-state index in [2.05, 4.69) is 21.7 Å². The zero-order valence-corrected chi connectivity index (χ0v) is 37.0. The van der Waals surface area contributed by atoms with Crippen molar-refractivity contribution in [2.24, 2.45) is 17.3 Å². The number of carbonyl (C=O) groups excluding carboxylic acids is 4. The van der Waals surface area contributed by atoms with Crippen LogP contribution in [0.1, 0.15) is 91.7 Å². The van der Waals surface area contributed by atoms with Crippen LogP contribution >= 0.6 is 0 Å². The number of hydrogen-bond donors (Lipinski definition) is 3. The largest absolute Gasteiger partial charge is 0.467 e. The van der Waals surface area contributed by atoms with Crippen LogP contribution in [0, 0.1) is 17.3 Å². The molecular formula is C48H66N4O9. The molecule has 61 heavy (non-hydrogen) atoms. The van der Waals surface area contributed by atoms with Gasteiger partial charge in [-0.3, -0.25) is 19.3 Å². The number of aromatic amines is 1. The van der Waals surface area contributed by atoms with E-state index in [1.165, 1.54) is 18.9 Å². The fourth-order valence-corrected chi connectivity index (χ4v) is 12.3. The Morgan fingerprint density at radius 2 is 1.87 bits per heavy atom. The lowest BCUT2D eigenvalue weighted by atomic mass is 9.60. The Morgan fingerprint density at radius 3 is 2.51 bits per heavy atom. The Hall–Kier alpha value is -4.14.